The van der Waals surface area contributed by atoms with Crippen LogP contribution in [0.3, 0.4) is 0 Å². The maximum atomic E-state index is 13.4. The van der Waals surface area contributed by atoms with Crippen molar-refractivity contribution in [3.63, 3.8) is 0 Å². The number of benzene rings is 2. The first-order valence-electron chi connectivity index (χ1n) is 7.02. The molecule has 2 aromatic rings. The lowest BCUT2D eigenvalue weighted by Crippen LogP contribution is -2.46. The molecule has 0 aliphatic carbocycles. The van der Waals surface area contributed by atoms with E-state index in [1.807, 2.05) is 31.2 Å². The molecule has 1 unspecified atom stereocenters. The van der Waals surface area contributed by atoms with Gasteiger partial charge in [-0.1, -0.05) is 24.3 Å². The summed E-state index contributed by atoms with van der Waals surface area (Å²) in [5.74, 6) is 0.331. The lowest BCUT2D eigenvalue weighted by Gasteiger charge is -2.35. The number of hydrogen-bond donors (Lipinski definition) is 2. The van der Waals surface area contributed by atoms with Crippen molar-refractivity contribution in [1.82, 2.24) is 5.32 Å². The molecule has 1 amide bonds. The molecule has 3 rings (SSSR count). The summed E-state index contributed by atoms with van der Waals surface area (Å²) in [7, 11) is 0. The van der Waals surface area contributed by atoms with E-state index < -0.39 is 11.6 Å². The van der Waals surface area contributed by atoms with Gasteiger partial charge in [0.25, 0.3) is 0 Å². The van der Waals surface area contributed by atoms with Crippen LogP contribution in [0.1, 0.15) is 18.9 Å². The van der Waals surface area contributed by atoms with E-state index in [1.165, 1.54) is 12.1 Å². The van der Waals surface area contributed by atoms with E-state index in [9.17, 15) is 9.18 Å². The van der Waals surface area contributed by atoms with Gasteiger partial charge in [-0.05, 0) is 36.2 Å². The van der Waals surface area contributed by atoms with E-state index in [2.05, 4.69) is 5.32 Å². The van der Waals surface area contributed by atoms with Crippen LogP contribution in [0.25, 0.3) is 11.1 Å². The molecule has 0 saturated heterocycles. The minimum Gasteiger partial charge on any atom is -0.493 e. The summed E-state index contributed by atoms with van der Waals surface area (Å²) in [6, 6.07) is 11.8. The Morgan fingerprint density at radius 3 is 2.77 bits per heavy atom. The second-order valence-electron chi connectivity index (χ2n) is 5.58. The average molecular weight is 301 g/mol. The van der Waals surface area contributed by atoms with Gasteiger partial charge < -0.3 is 15.2 Å². The van der Waals surface area contributed by atoms with E-state index in [4.69, 9.17) is 9.84 Å². The van der Waals surface area contributed by atoms with Crippen LogP contribution in [0.15, 0.2) is 42.5 Å². The third-order valence-corrected chi connectivity index (χ3v) is 3.98. The molecule has 2 aromatic carbocycles. The molecule has 2 N–H and O–H groups in total. The molecular weight excluding hydrogens is 285 g/mol. The van der Waals surface area contributed by atoms with Crippen molar-refractivity contribution < 1.29 is 19.0 Å². The van der Waals surface area contributed by atoms with E-state index in [-0.39, 0.29) is 5.82 Å². The van der Waals surface area contributed by atoms with Crippen LogP contribution < -0.4 is 10.1 Å². The minimum atomic E-state index is -1.07. The highest BCUT2D eigenvalue weighted by molar-refractivity contribution is 5.69. The Balaban J connectivity index is 2.02. The van der Waals surface area contributed by atoms with Crippen LogP contribution >= 0.6 is 0 Å². The lowest BCUT2D eigenvalue weighted by molar-refractivity contribution is 0.158. The van der Waals surface area contributed by atoms with Crippen molar-refractivity contribution in [2.45, 2.75) is 18.9 Å². The Morgan fingerprint density at radius 2 is 2.05 bits per heavy atom. The molecule has 0 spiro atoms. The summed E-state index contributed by atoms with van der Waals surface area (Å²) < 4.78 is 19.0. The second-order valence-corrected chi connectivity index (χ2v) is 5.58. The Kier molecular flexibility index (Phi) is 3.48. The molecule has 0 radical (unpaired) electrons. The summed E-state index contributed by atoms with van der Waals surface area (Å²) >= 11 is 0. The van der Waals surface area contributed by atoms with Crippen molar-refractivity contribution >= 4 is 6.09 Å². The van der Waals surface area contributed by atoms with E-state index in [0.717, 1.165) is 16.7 Å². The Hall–Kier alpha value is -2.56. The molecule has 1 heterocycles. The lowest BCUT2D eigenvalue weighted by atomic mass is 9.85. The van der Waals surface area contributed by atoms with Gasteiger partial charge in [0.1, 0.15) is 11.6 Å². The number of fused-ring (bicyclic) bond motifs is 1. The zero-order valence-electron chi connectivity index (χ0n) is 12.1. The van der Waals surface area contributed by atoms with Crippen LogP contribution in [0, 0.1) is 5.82 Å². The van der Waals surface area contributed by atoms with Gasteiger partial charge in [-0.2, -0.15) is 0 Å². The minimum absolute atomic E-state index is 0.298. The van der Waals surface area contributed by atoms with Crippen LogP contribution in [0.2, 0.25) is 0 Å². The Labute approximate surface area is 127 Å². The smallest absolute Gasteiger partial charge is 0.405 e. The quantitative estimate of drug-likeness (QED) is 0.888. The molecule has 0 bridgehead atoms. The molecular formula is C17H16FNO3. The monoisotopic (exact) mass is 301 g/mol. The number of rotatable bonds is 2. The molecule has 114 valence electrons. The largest absolute Gasteiger partial charge is 0.493 e. The van der Waals surface area contributed by atoms with Crippen LogP contribution in [0.5, 0.6) is 5.75 Å². The highest BCUT2D eigenvalue weighted by Gasteiger charge is 2.34. The number of amides is 1. The third kappa shape index (κ3) is 2.62. The van der Waals surface area contributed by atoms with Gasteiger partial charge >= 0.3 is 6.09 Å². The van der Waals surface area contributed by atoms with E-state index in [0.29, 0.717) is 18.8 Å². The number of carbonyl (C=O) groups is 1. The molecule has 5 heteroatoms. The van der Waals surface area contributed by atoms with Crippen LogP contribution in [-0.4, -0.2) is 17.8 Å². The van der Waals surface area contributed by atoms with Gasteiger partial charge in [-0.3, -0.25) is 0 Å². The van der Waals surface area contributed by atoms with Gasteiger partial charge in [0, 0.05) is 12.0 Å². The predicted molar refractivity (Wildman–Crippen MR) is 80.5 cm³/mol. The molecule has 0 saturated carbocycles. The average Bonchev–Trinajstić information content (AvgIpc) is 2.46. The highest BCUT2D eigenvalue weighted by Crippen LogP contribution is 2.39. The van der Waals surface area contributed by atoms with Crippen molar-refractivity contribution in [3.05, 3.63) is 53.8 Å². The fraction of sp³-hybridized carbons (Fsp3) is 0.235. The number of ether oxygens (including phenoxy) is 1. The van der Waals surface area contributed by atoms with Gasteiger partial charge in [-0.15, -0.1) is 0 Å². The molecule has 1 atom stereocenters. The maximum absolute atomic E-state index is 13.4. The van der Waals surface area contributed by atoms with Crippen molar-refractivity contribution in [3.8, 4) is 16.9 Å². The molecule has 1 aliphatic heterocycles. The van der Waals surface area contributed by atoms with Crippen molar-refractivity contribution in [2.75, 3.05) is 6.61 Å². The summed E-state index contributed by atoms with van der Waals surface area (Å²) in [5, 5.41) is 11.6. The summed E-state index contributed by atoms with van der Waals surface area (Å²) in [4.78, 5) is 11.0. The predicted octanol–water partition coefficient (Wildman–Crippen LogP) is 3.76. The Bertz CT molecular complexity index is 732. The normalized spacial score (nSPS) is 19.9. The van der Waals surface area contributed by atoms with Crippen LogP contribution in [-0.2, 0) is 5.54 Å². The molecule has 4 nitrogen and oxygen atoms in total. The van der Waals surface area contributed by atoms with Gasteiger partial charge in [0.15, 0.2) is 0 Å². The molecule has 22 heavy (non-hydrogen) atoms. The number of halogens is 1. The first kappa shape index (κ1) is 14.4. The van der Waals surface area contributed by atoms with Crippen molar-refractivity contribution in [1.29, 1.82) is 0 Å². The summed E-state index contributed by atoms with van der Waals surface area (Å²) in [6.07, 6.45) is -0.504. The van der Waals surface area contributed by atoms with E-state index >= 15 is 0 Å². The number of hydrogen-bond acceptors (Lipinski definition) is 2. The first-order valence-corrected chi connectivity index (χ1v) is 7.02. The molecule has 1 aliphatic rings. The fourth-order valence-electron chi connectivity index (χ4n) is 2.81. The second kappa shape index (κ2) is 5.33. The standard InChI is InChI=1S/C17H16FNO3/c1-17(19-16(20)21)7-8-22-15-10-12(5-6-14(15)17)11-3-2-4-13(18)9-11/h2-6,9-10,19H,7-8H2,1H3,(H,20,21). The third-order valence-electron chi connectivity index (χ3n) is 3.98. The summed E-state index contributed by atoms with van der Waals surface area (Å²) in [5.41, 5.74) is 1.70. The highest BCUT2D eigenvalue weighted by atomic mass is 19.1. The maximum Gasteiger partial charge on any atom is 0.405 e. The van der Waals surface area contributed by atoms with Gasteiger partial charge in [0.05, 0.1) is 12.1 Å². The van der Waals surface area contributed by atoms with Gasteiger partial charge in [0.2, 0.25) is 0 Å². The van der Waals surface area contributed by atoms with E-state index in [1.54, 1.807) is 6.07 Å². The first-order chi connectivity index (χ1) is 10.5. The zero-order valence-corrected chi connectivity index (χ0v) is 12.1. The number of nitrogens with one attached hydrogen (secondary N) is 1. The van der Waals surface area contributed by atoms with Crippen molar-refractivity contribution in [2.24, 2.45) is 0 Å². The SMILES string of the molecule is CC1(NC(=O)O)CCOc2cc(-c3cccc(F)c3)ccc21. The fourth-order valence-corrected chi connectivity index (χ4v) is 2.81. The molecule has 0 aromatic heterocycles. The number of carboxylic acid groups (broad SMARTS) is 1. The van der Waals surface area contributed by atoms with Crippen LogP contribution in [0.4, 0.5) is 9.18 Å². The summed E-state index contributed by atoms with van der Waals surface area (Å²) in [6.45, 7) is 2.26. The molecule has 0 fully saturated rings. The zero-order chi connectivity index (χ0) is 15.7. The topological polar surface area (TPSA) is 58.6 Å². The van der Waals surface area contributed by atoms with Gasteiger partial charge in [-0.25, -0.2) is 9.18 Å². The Morgan fingerprint density at radius 1 is 1.27 bits per heavy atom.